The summed E-state index contributed by atoms with van der Waals surface area (Å²) >= 11 is 0. The van der Waals surface area contributed by atoms with Crippen molar-refractivity contribution in [3.8, 4) is 28.8 Å². The summed E-state index contributed by atoms with van der Waals surface area (Å²) < 4.78 is 28.9. The maximum atomic E-state index is 13.6. The van der Waals surface area contributed by atoms with Crippen LogP contribution in [0, 0.1) is 0 Å². The van der Waals surface area contributed by atoms with Crippen LogP contribution in [0.1, 0.15) is 19.4 Å². The molecule has 10 nitrogen and oxygen atoms in total. The summed E-state index contributed by atoms with van der Waals surface area (Å²) in [5.41, 5.74) is 1.38. The maximum absolute atomic E-state index is 13.6. The fraction of sp³-hybridized carbons (Fsp3) is 0.200. The molecule has 2 heterocycles. The Bertz CT molecular complexity index is 1770. The highest BCUT2D eigenvalue weighted by Crippen LogP contribution is 2.33. The van der Waals surface area contributed by atoms with Crippen LogP contribution < -0.4 is 19.8 Å². The monoisotopic (exact) mass is 541 g/mol. The molecule has 0 bridgehead atoms. The lowest BCUT2D eigenvalue weighted by Gasteiger charge is -2.12. The van der Waals surface area contributed by atoms with Gasteiger partial charge in [-0.2, -0.15) is 9.78 Å². The van der Waals surface area contributed by atoms with Crippen molar-refractivity contribution >= 4 is 34.1 Å². The normalized spacial score (nSPS) is 11.3. The van der Waals surface area contributed by atoms with Crippen molar-refractivity contribution in [2.45, 2.75) is 13.8 Å². The Kier molecular flexibility index (Phi) is 7.77. The lowest BCUT2D eigenvalue weighted by Crippen LogP contribution is -2.20. The third kappa shape index (κ3) is 5.37. The van der Waals surface area contributed by atoms with Crippen LogP contribution in [0.25, 0.3) is 33.5 Å². The zero-order chi connectivity index (χ0) is 28.1. The molecule has 0 N–H and O–H groups in total. The van der Waals surface area contributed by atoms with Crippen molar-refractivity contribution in [2.24, 2.45) is 5.10 Å². The van der Waals surface area contributed by atoms with Gasteiger partial charge in [-0.25, -0.2) is 9.78 Å². The molecule has 0 saturated heterocycles. The highest BCUT2D eigenvalue weighted by molar-refractivity contribution is 5.88. The summed E-state index contributed by atoms with van der Waals surface area (Å²) in [7, 11) is 1.58. The molecule has 5 aromatic rings. The van der Waals surface area contributed by atoms with Crippen LogP contribution in [0.4, 0.5) is 0 Å². The number of esters is 1. The molecule has 204 valence electrons. The van der Waals surface area contributed by atoms with E-state index in [1.54, 1.807) is 56.5 Å². The van der Waals surface area contributed by atoms with Gasteiger partial charge >= 0.3 is 5.97 Å². The molecule has 40 heavy (non-hydrogen) atoms. The minimum absolute atomic E-state index is 0.234. The Labute approximate surface area is 229 Å². The third-order valence-electron chi connectivity index (χ3n) is 5.96. The summed E-state index contributed by atoms with van der Waals surface area (Å²) in [6.07, 6.45) is 1.52. The van der Waals surface area contributed by atoms with Crippen LogP contribution in [-0.2, 0) is 9.53 Å². The first-order valence-corrected chi connectivity index (χ1v) is 12.7. The van der Waals surface area contributed by atoms with E-state index in [1.807, 2.05) is 31.2 Å². The Hall–Kier alpha value is -5.12. The van der Waals surface area contributed by atoms with E-state index in [2.05, 4.69) is 5.10 Å². The molecular weight excluding hydrogens is 514 g/mol. The standard InChI is InChI=1S/C30H27N3O7/c1-4-37-26-15-19(13-14-25(26)39-18-28(34)38-5-2)17-31-33-29(32-22-10-7-6-9-20(22)30(33)35)27-16-21-23(36-3)11-8-12-24(21)40-27/h6-17H,4-5,18H2,1-3H3. The van der Waals surface area contributed by atoms with Crippen LogP contribution >= 0.6 is 0 Å². The first kappa shape index (κ1) is 26.5. The van der Waals surface area contributed by atoms with Crippen molar-refractivity contribution in [1.29, 1.82) is 0 Å². The summed E-state index contributed by atoms with van der Waals surface area (Å²) in [4.78, 5) is 30.0. The largest absolute Gasteiger partial charge is 0.496 e. The smallest absolute Gasteiger partial charge is 0.344 e. The predicted molar refractivity (Wildman–Crippen MR) is 150 cm³/mol. The number of furan rings is 1. The van der Waals surface area contributed by atoms with Crippen LogP contribution in [-0.4, -0.2) is 48.8 Å². The van der Waals surface area contributed by atoms with Gasteiger partial charge in [0.25, 0.3) is 5.56 Å². The van der Waals surface area contributed by atoms with Gasteiger partial charge in [0.2, 0.25) is 5.82 Å². The Morgan fingerprint density at radius 3 is 2.60 bits per heavy atom. The number of nitrogens with zero attached hydrogens (tertiary/aromatic N) is 3. The zero-order valence-corrected chi connectivity index (χ0v) is 22.2. The lowest BCUT2D eigenvalue weighted by molar-refractivity contribution is -0.145. The van der Waals surface area contributed by atoms with Crippen LogP contribution in [0.15, 0.2) is 81.0 Å². The lowest BCUT2D eigenvalue weighted by atomic mass is 10.2. The topological polar surface area (TPSA) is 114 Å². The molecule has 0 aliphatic heterocycles. The molecule has 0 unspecified atom stereocenters. The van der Waals surface area contributed by atoms with Gasteiger partial charge < -0.3 is 23.4 Å². The quantitative estimate of drug-likeness (QED) is 0.178. The summed E-state index contributed by atoms with van der Waals surface area (Å²) in [5, 5.41) is 5.66. The first-order chi connectivity index (χ1) is 19.5. The van der Waals surface area contributed by atoms with E-state index >= 15 is 0 Å². The molecule has 0 atom stereocenters. The van der Waals surface area contributed by atoms with E-state index in [4.69, 9.17) is 28.3 Å². The van der Waals surface area contributed by atoms with Crippen molar-refractivity contribution in [3.05, 3.63) is 82.6 Å². The molecule has 5 rings (SSSR count). The molecule has 0 saturated carbocycles. The Morgan fingerprint density at radius 2 is 1.80 bits per heavy atom. The van der Waals surface area contributed by atoms with Gasteiger partial charge in [0.15, 0.2) is 23.9 Å². The fourth-order valence-electron chi connectivity index (χ4n) is 4.17. The average Bonchev–Trinajstić information content (AvgIpc) is 3.41. The second kappa shape index (κ2) is 11.7. The van der Waals surface area contributed by atoms with Gasteiger partial charge in [0.05, 0.1) is 42.8 Å². The number of fused-ring (bicyclic) bond motifs is 2. The number of methoxy groups -OCH3 is 1. The molecule has 0 aliphatic rings. The molecule has 2 aromatic heterocycles. The number of carbonyl (C=O) groups excluding carboxylic acids is 1. The highest BCUT2D eigenvalue weighted by Gasteiger charge is 2.18. The summed E-state index contributed by atoms with van der Waals surface area (Å²) in [6.45, 7) is 3.97. The molecule has 0 radical (unpaired) electrons. The van der Waals surface area contributed by atoms with E-state index in [0.717, 1.165) is 5.39 Å². The molecule has 0 amide bonds. The second-order valence-electron chi connectivity index (χ2n) is 8.53. The number of para-hydroxylation sites is 1. The summed E-state index contributed by atoms with van der Waals surface area (Å²) in [6, 6.07) is 19.4. The van der Waals surface area contributed by atoms with Crippen LogP contribution in [0.2, 0.25) is 0 Å². The molecule has 0 aliphatic carbocycles. The Balaban J connectivity index is 1.56. The van der Waals surface area contributed by atoms with Crippen LogP contribution in [0.3, 0.4) is 0 Å². The van der Waals surface area contributed by atoms with Gasteiger partial charge in [-0.05, 0) is 67.9 Å². The first-order valence-electron chi connectivity index (χ1n) is 12.7. The van der Waals surface area contributed by atoms with Gasteiger partial charge in [-0.15, -0.1) is 0 Å². The van der Waals surface area contributed by atoms with E-state index in [-0.39, 0.29) is 24.6 Å². The molecule has 3 aromatic carbocycles. The Morgan fingerprint density at radius 1 is 0.950 bits per heavy atom. The van der Waals surface area contributed by atoms with E-state index in [9.17, 15) is 9.59 Å². The van der Waals surface area contributed by atoms with Gasteiger partial charge in [0.1, 0.15) is 11.3 Å². The minimum atomic E-state index is -0.477. The van der Waals surface area contributed by atoms with Crippen molar-refractivity contribution in [2.75, 3.05) is 26.9 Å². The van der Waals surface area contributed by atoms with Gasteiger partial charge in [0, 0.05) is 0 Å². The molecular formula is C30H27N3O7. The molecule has 0 spiro atoms. The minimum Gasteiger partial charge on any atom is -0.496 e. The number of benzene rings is 3. The number of rotatable bonds is 10. The van der Waals surface area contributed by atoms with Crippen molar-refractivity contribution in [3.63, 3.8) is 0 Å². The van der Waals surface area contributed by atoms with E-state index < -0.39 is 5.97 Å². The number of hydrogen-bond donors (Lipinski definition) is 0. The van der Waals surface area contributed by atoms with Gasteiger partial charge in [-0.1, -0.05) is 18.2 Å². The zero-order valence-electron chi connectivity index (χ0n) is 22.2. The van der Waals surface area contributed by atoms with Crippen molar-refractivity contribution < 1.29 is 28.2 Å². The third-order valence-corrected chi connectivity index (χ3v) is 5.96. The second-order valence-corrected chi connectivity index (χ2v) is 8.53. The maximum Gasteiger partial charge on any atom is 0.344 e. The number of ether oxygens (including phenoxy) is 4. The van der Waals surface area contributed by atoms with Gasteiger partial charge in [-0.3, -0.25) is 4.79 Å². The van der Waals surface area contributed by atoms with E-state index in [1.165, 1.54) is 10.9 Å². The van der Waals surface area contributed by atoms with E-state index in [0.29, 0.717) is 51.7 Å². The molecule has 10 heteroatoms. The fourth-order valence-corrected chi connectivity index (χ4v) is 4.17. The molecule has 0 fully saturated rings. The predicted octanol–water partition coefficient (Wildman–Crippen LogP) is 5.04. The number of aromatic nitrogens is 2. The number of hydrogen-bond acceptors (Lipinski definition) is 9. The summed E-state index contributed by atoms with van der Waals surface area (Å²) in [5.74, 6) is 1.56. The average molecular weight is 542 g/mol. The SMILES string of the molecule is CCOC(=O)COc1ccc(C=Nn2c(-c3cc4c(OC)cccc4o3)nc3ccccc3c2=O)cc1OCC. The van der Waals surface area contributed by atoms with Crippen molar-refractivity contribution in [1.82, 2.24) is 9.66 Å². The highest BCUT2D eigenvalue weighted by atomic mass is 16.6. The van der Waals surface area contributed by atoms with Crippen LogP contribution in [0.5, 0.6) is 17.2 Å². The number of carbonyl (C=O) groups is 1.